The van der Waals surface area contributed by atoms with E-state index in [1.807, 2.05) is 61.9 Å². The van der Waals surface area contributed by atoms with Crippen LogP contribution in [0.2, 0.25) is 0 Å². The number of ether oxygens (including phenoxy) is 2. The highest BCUT2D eigenvalue weighted by atomic mass is 16.5. The summed E-state index contributed by atoms with van der Waals surface area (Å²) in [7, 11) is 3.63. The molecule has 5 rings (SSSR count). The van der Waals surface area contributed by atoms with E-state index < -0.39 is 0 Å². The van der Waals surface area contributed by atoms with Gasteiger partial charge in [-0.15, -0.1) is 0 Å². The van der Waals surface area contributed by atoms with Gasteiger partial charge in [0.15, 0.2) is 5.82 Å². The summed E-state index contributed by atoms with van der Waals surface area (Å²) < 4.78 is 13.3. The Morgan fingerprint density at radius 1 is 1.03 bits per heavy atom. The molecule has 5 aromatic rings. The minimum atomic E-state index is 0.0621. The molecule has 0 fully saturated rings. The molecule has 0 spiro atoms. The van der Waals surface area contributed by atoms with Crippen molar-refractivity contribution in [2.75, 3.05) is 24.4 Å². The summed E-state index contributed by atoms with van der Waals surface area (Å²) in [5, 5.41) is 6.57. The number of hydrogen-bond donors (Lipinski definition) is 2. The molecule has 0 bridgehead atoms. The predicted octanol–water partition coefficient (Wildman–Crippen LogP) is 4.60. The molecular formula is C25H26N8O2. The number of nitrogens with one attached hydrogen (secondary N) is 2. The second-order valence-corrected chi connectivity index (χ2v) is 8.36. The smallest absolute Gasteiger partial charge is 0.223 e. The van der Waals surface area contributed by atoms with Crippen LogP contribution in [0, 0.1) is 6.92 Å². The molecule has 0 radical (unpaired) electrons. The molecule has 0 amide bonds. The summed E-state index contributed by atoms with van der Waals surface area (Å²) in [5.74, 6) is 2.58. The van der Waals surface area contributed by atoms with Crippen molar-refractivity contribution in [1.29, 1.82) is 0 Å². The topological polar surface area (TPSA) is 112 Å². The van der Waals surface area contributed by atoms with Crippen molar-refractivity contribution >= 4 is 39.5 Å². The third-order valence-corrected chi connectivity index (χ3v) is 5.53. The number of rotatable bonds is 8. The number of hydrogen-bond acceptors (Lipinski definition) is 9. The summed E-state index contributed by atoms with van der Waals surface area (Å²) >= 11 is 0. The van der Waals surface area contributed by atoms with Crippen molar-refractivity contribution in [2.24, 2.45) is 7.05 Å². The van der Waals surface area contributed by atoms with Gasteiger partial charge in [0.05, 0.1) is 30.2 Å². The van der Waals surface area contributed by atoms with Crippen LogP contribution in [0.1, 0.15) is 12.5 Å². The zero-order valence-corrected chi connectivity index (χ0v) is 20.0. The normalized spacial score (nSPS) is 12.1. The Kier molecular flexibility index (Phi) is 6.11. The van der Waals surface area contributed by atoms with Crippen LogP contribution in [0.4, 0.5) is 17.5 Å². The van der Waals surface area contributed by atoms with Crippen LogP contribution < -0.4 is 15.4 Å². The highest BCUT2D eigenvalue weighted by Crippen LogP contribution is 2.30. The first-order chi connectivity index (χ1) is 17.0. The maximum atomic E-state index is 6.13. The SMILES string of the molecule is COC[C@H](C)Nc1ncc2ncnc(Nc3ccc(Oc4ccc5c(c4)ncn5C)c(C)c3)c2n1. The first-order valence-electron chi connectivity index (χ1n) is 11.2. The highest BCUT2D eigenvalue weighted by Gasteiger charge is 2.11. The molecule has 1 atom stereocenters. The number of aryl methyl sites for hydroxylation is 2. The fourth-order valence-corrected chi connectivity index (χ4v) is 3.81. The van der Waals surface area contributed by atoms with Crippen molar-refractivity contribution in [2.45, 2.75) is 19.9 Å². The van der Waals surface area contributed by atoms with E-state index in [1.165, 1.54) is 6.33 Å². The average Bonchev–Trinajstić information content (AvgIpc) is 3.21. The quantitative estimate of drug-likeness (QED) is 0.336. The Bertz CT molecular complexity index is 1500. The first-order valence-corrected chi connectivity index (χ1v) is 11.2. The molecule has 0 aliphatic carbocycles. The van der Waals surface area contributed by atoms with Crippen LogP contribution in [0.15, 0.2) is 55.2 Å². The third-order valence-electron chi connectivity index (χ3n) is 5.53. The van der Waals surface area contributed by atoms with E-state index in [0.29, 0.717) is 29.4 Å². The maximum Gasteiger partial charge on any atom is 0.223 e. The number of anilines is 3. The van der Waals surface area contributed by atoms with E-state index >= 15 is 0 Å². The molecule has 2 N–H and O–H groups in total. The Labute approximate surface area is 202 Å². The van der Waals surface area contributed by atoms with Gasteiger partial charge in [-0.3, -0.25) is 0 Å². The Balaban J connectivity index is 1.37. The molecule has 35 heavy (non-hydrogen) atoms. The van der Waals surface area contributed by atoms with Crippen molar-refractivity contribution in [1.82, 2.24) is 29.5 Å². The molecule has 0 saturated carbocycles. The first kappa shape index (κ1) is 22.5. The number of aromatic nitrogens is 6. The lowest BCUT2D eigenvalue weighted by Gasteiger charge is -2.14. The van der Waals surface area contributed by atoms with E-state index in [4.69, 9.17) is 9.47 Å². The van der Waals surface area contributed by atoms with Gasteiger partial charge in [0.2, 0.25) is 5.95 Å². The van der Waals surface area contributed by atoms with Gasteiger partial charge in [-0.25, -0.2) is 24.9 Å². The molecule has 10 nitrogen and oxygen atoms in total. The molecule has 0 aliphatic rings. The van der Waals surface area contributed by atoms with E-state index in [1.54, 1.807) is 19.6 Å². The van der Waals surface area contributed by atoms with Gasteiger partial charge in [-0.2, -0.15) is 0 Å². The Hall–Kier alpha value is -4.31. The number of nitrogens with zero attached hydrogens (tertiary/aromatic N) is 6. The summed E-state index contributed by atoms with van der Waals surface area (Å²) in [5.41, 5.74) is 5.05. The average molecular weight is 471 g/mol. The predicted molar refractivity (Wildman–Crippen MR) is 135 cm³/mol. The van der Waals surface area contributed by atoms with Gasteiger partial charge in [-0.1, -0.05) is 0 Å². The number of imidazole rings is 1. The number of fused-ring (bicyclic) bond motifs is 2. The van der Waals surface area contributed by atoms with Crippen molar-refractivity contribution < 1.29 is 9.47 Å². The van der Waals surface area contributed by atoms with Crippen LogP contribution in [-0.2, 0) is 11.8 Å². The van der Waals surface area contributed by atoms with E-state index in [-0.39, 0.29) is 6.04 Å². The van der Waals surface area contributed by atoms with Gasteiger partial charge in [0.25, 0.3) is 0 Å². The fourth-order valence-electron chi connectivity index (χ4n) is 3.81. The summed E-state index contributed by atoms with van der Waals surface area (Å²) in [6.07, 6.45) is 4.96. The molecule has 10 heteroatoms. The lowest BCUT2D eigenvalue weighted by Crippen LogP contribution is -2.22. The molecule has 3 heterocycles. The summed E-state index contributed by atoms with van der Waals surface area (Å²) in [4.78, 5) is 22.1. The number of benzene rings is 2. The lowest BCUT2D eigenvalue weighted by atomic mass is 10.2. The Morgan fingerprint density at radius 2 is 1.91 bits per heavy atom. The number of methoxy groups -OCH3 is 1. The van der Waals surface area contributed by atoms with Crippen LogP contribution in [0.25, 0.3) is 22.1 Å². The summed E-state index contributed by atoms with van der Waals surface area (Å²) in [6, 6.07) is 11.8. The van der Waals surface area contributed by atoms with Crippen molar-refractivity contribution in [3.05, 3.63) is 60.8 Å². The van der Waals surface area contributed by atoms with Gasteiger partial charge in [0.1, 0.15) is 28.9 Å². The lowest BCUT2D eigenvalue weighted by molar-refractivity contribution is 0.190. The molecule has 0 aliphatic heterocycles. The van der Waals surface area contributed by atoms with Crippen molar-refractivity contribution in [3.8, 4) is 11.5 Å². The zero-order chi connectivity index (χ0) is 24.4. The third kappa shape index (κ3) is 4.82. The fraction of sp³-hybridized carbons (Fsp3) is 0.240. The van der Waals surface area contributed by atoms with Crippen molar-refractivity contribution in [3.63, 3.8) is 0 Å². The minimum absolute atomic E-state index is 0.0621. The molecule has 0 unspecified atom stereocenters. The second-order valence-electron chi connectivity index (χ2n) is 8.36. The van der Waals surface area contributed by atoms with Crippen LogP contribution in [-0.4, -0.2) is 49.2 Å². The molecule has 0 saturated heterocycles. The second kappa shape index (κ2) is 9.51. The van der Waals surface area contributed by atoms with Gasteiger partial charge >= 0.3 is 0 Å². The monoisotopic (exact) mass is 470 g/mol. The zero-order valence-electron chi connectivity index (χ0n) is 20.0. The van der Waals surface area contributed by atoms with Crippen LogP contribution in [0.5, 0.6) is 11.5 Å². The van der Waals surface area contributed by atoms with Gasteiger partial charge < -0.3 is 24.7 Å². The molecule has 178 valence electrons. The maximum absolute atomic E-state index is 6.13. The van der Waals surface area contributed by atoms with Crippen LogP contribution in [0.3, 0.4) is 0 Å². The van der Waals surface area contributed by atoms with Crippen LogP contribution >= 0.6 is 0 Å². The summed E-state index contributed by atoms with van der Waals surface area (Å²) in [6.45, 7) is 4.54. The van der Waals surface area contributed by atoms with E-state index in [0.717, 1.165) is 33.8 Å². The molecular weight excluding hydrogens is 444 g/mol. The standard InChI is InChI=1S/C25H26N8O2/c1-15-9-17(5-8-22(15)35-18-6-7-21-19(10-18)29-14-33(21)3)31-24-23-20(27-13-28-24)11-26-25(32-23)30-16(2)12-34-4/h5-11,13-14,16H,12H2,1-4H3,(H,26,30,32)(H,27,28,31)/t16-/m0/s1. The largest absolute Gasteiger partial charge is 0.457 e. The highest BCUT2D eigenvalue weighted by molar-refractivity contribution is 5.87. The minimum Gasteiger partial charge on any atom is -0.457 e. The van der Waals surface area contributed by atoms with E-state index in [9.17, 15) is 0 Å². The Morgan fingerprint density at radius 3 is 2.74 bits per heavy atom. The molecule has 2 aromatic carbocycles. The van der Waals surface area contributed by atoms with Gasteiger partial charge in [0, 0.05) is 32.0 Å². The molecule has 3 aromatic heterocycles. The van der Waals surface area contributed by atoms with Gasteiger partial charge in [-0.05, 0) is 49.7 Å². The van der Waals surface area contributed by atoms with E-state index in [2.05, 4.69) is 35.6 Å².